The summed E-state index contributed by atoms with van der Waals surface area (Å²) in [7, 11) is 0. The molecule has 0 aliphatic heterocycles. The quantitative estimate of drug-likeness (QED) is 0.262. The van der Waals surface area contributed by atoms with Gasteiger partial charge in [0, 0.05) is 6.42 Å². The van der Waals surface area contributed by atoms with Crippen LogP contribution in [0.5, 0.6) is 0 Å². The number of rotatable bonds is 8. The zero-order valence-corrected chi connectivity index (χ0v) is 9.80. The van der Waals surface area contributed by atoms with Gasteiger partial charge >= 0.3 is 0 Å². The van der Waals surface area contributed by atoms with E-state index in [4.69, 9.17) is 15.3 Å². The topological polar surface area (TPSA) is 156 Å². The van der Waals surface area contributed by atoms with Crippen molar-refractivity contribution in [3.05, 3.63) is 0 Å². The van der Waals surface area contributed by atoms with Gasteiger partial charge in [-0.05, 0) is 6.92 Å². The van der Waals surface area contributed by atoms with Crippen molar-refractivity contribution < 1.29 is 40.2 Å². The summed E-state index contributed by atoms with van der Waals surface area (Å²) >= 11 is 0. The first-order valence-corrected chi connectivity index (χ1v) is 5.30. The number of hydrogen-bond acceptors (Lipinski definition) is 8. The molecule has 0 bridgehead atoms. The van der Waals surface area contributed by atoms with E-state index in [9.17, 15) is 24.9 Å². The zero-order chi connectivity index (χ0) is 14.5. The summed E-state index contributed by atoms with van der Waals surface area (Å²) in [5, 5.41) is 54.2. The van der Waals surface area contributed by atoms with Crippen molar-refractivity contribution in [2.45, 2.75) is 43.9 Å². The third kappa shape index (κ3) is 4.77. The summed E-state index contributed by atoms with van der Waals surface area (Å²) < 4.78 is 0. The SMILES string of the molecule is CC(O)C(=O)CC(O)C(=O)[C@@H](O)[C@H](O)[C@H](O)CO. The molecule has 8 heteroatoms. The van der Waals surface area contributed by atoms with Crippen molar-refractivity contribution in [1.82, 2.24) is 0 Å². The van der Waals surface area contributed by atoms with Crippen LogP contribution in [0, 0.1) is 0 Å². The smallest absolute Gasteiger partial charge is 0.192 e. The van der Waals surface area contributed by atoms with Gasteiger partial charge < -0.3 is 30.6 Å². The van der Waals surface area contributed by atoms with Gasteiger partial charge in [-0.15, -0.1) is 0 Å². The monoisotopic (exact) mass is 266 g/mol. The maximum atomic E-state index is 11.4. The van der Waals surface area contributed by atoms with Crippen LogP contribution in [0.3, 0.4) is 0 Å². The molecule has 0 saturated carbocycles. The van der Waals surface area contributed by atoms with Crippen LogP contribution in [0.15, 0.2) is 0 Å². The van der Waals surface area contributed by atoms with Crippen LogP contribution in [0.4, 0.5) is 0 Å². The minimum absolute atomic E-state index is 0.713. The number of ketones is 2. The first-order chi connectivity index (χ1) is 8.22. The predicted molar refractivity (Wildman–Crippen MR) is 57.4 cm³/mol. The summed E-state index contributed by atoms with van der Waals surface area (Å²) in [6.07, 6.45) is -9.83. The highest BCUT2D eigenvalue weighted by molar-refractivity contribution is 5.93. The van der Waals surface area contributed by atoms with E-state index in [2.05, 4.69) is 0 Å². The number of aliphatic hydroxyl groups excluding tert-OH is 6. The molecule has 0 rings (SSSR count). The molecule has 0 fully saturated rings. The van der Waals surface area contributed by atoms with Crippen molar-refractivity contribution in [2.24, 2.45) is 0 Å². The lowest BCUT2D eigenvalue weighted by Gasteiger charge is -2.22. The fraction of sp³-hybridized carbons (Fsp3) is 0.800. The van der Waals surface area contributed by atoms with E-state index >= 15 is 0 Å². The van der Waals surface area contributed by atoms with Gasteiger partial charge in [0.2, 0.25) is 0 Å². The molecule has 0 aromatic heterocycles. The highest BCUT2D eigenvalue weighted by Crippen LogP contribution is 2.07. The molecule has 8 nitrogen and oxygen atoms in total. The molecule has 0 aliphatic rings. The molecule has 0 aliphatic carbocycles. The van der Waals surface area contributed by atoms with Gasteiger partial charge in [0.05, 0.1) is 6.61 Å². The molecule has 5 atom stereocenters. The van der Waals surface area contributed by atoms with Gasteiger partial charge in [-0.25, -0.2) is 0 Å². The number of aliphatic hydroxyl groups is 6. The molecular formula is C10H18O8. The lowest BCUT2D eigenvalue weighted by Crippen LogP contribution is -2.48. The molecular weight excluding hydrogens is 248 g/mol. The van der Waals surface area contributed by atoms with Gasteiger partial charge in [-0.1, -0.05) is 0 Å². The standard InChI is InChI=1S/C10H18O8/c1-4(12)5(13)2-6(14)8(16)10(18)9(17)7(15)3-11/h4,6-7,9-12,14-15,17-18H,2-3H2,1H3/t4?,6?,7-,9-,10-/m1/s1. The summed E-state index contributed by atoms with van der Waals surface area (Å²) in [5.74, 6) is -2.08. The van der Waals surface area contributed by atoms with E-state index in [-0.39, 0.29) is 0 Å². The Kier molecular flexibility index (Phi) is 7.14. The molecule has 0 aromatic carbocycles. The first-order valence-electron chi connectivity index (χ1n) is 5.30. The zero-order valence-electron chi connectivity index (χ0n) is 9.80. The highest BCUT2D eigenvalue weighted by Gasteiger charge is 2.34. The van der Waals surface area contributed by atoms with E-state index in [1.807, 2.05) is 0 Å². The Morgan fingerprint density at radius 2 is 1.56 bits per heavy atom. The van der Waals surface area contributed by atoms with Crippen molar-refractivity contribution in [3.8, 4) is 0 Å². The summed E-state index contributed by atoms with van der Waals surface area (Å²) in [5.41, 5.74) is 0. The highest BCUT2D eigenvalue weighted by atomic mass is 16.4. The Morgan fingerprint density at radius 1 is 1.06 bits per heavy atom. The number of hydrogen-bond donors (Lipinski definition) is 6. The minimum Gasteiger partial charge on any atom is -0.394 e. The maximum absolute atomic E-state index is 11.4. The van der Waals surface area contributed by atoms with Crippen LogP contribution < -0.4 is 0 Å². The Morgan fingerprint density at radius 3 is 1.94 bits per heavy atom. The molecule has 0 aromatic rings. The summed E-state index contributed by atoms with van der Waals surface area (Å²) in [6, 6.07) is 0. The Labute approximate surface area is 103 Å². The van der Waals surface area contributed by atoms with E-state index in [0.29, 0.717) is 0 Å². The lowest BCUT2D eigenvalue weighted by molar-refractivity contribution is -0.150. The van der Waals surface area contributed by atoms with Crippen molar-refractivity contribution >= 4 is 11.6 Å². The number of carbonyl (C=O) groups excluding carboxylic acids is 2. The van der Waals surface area contributed by atoms with Crippen LogP contribution in [0.1, 0.15) is 13.3 Å². The minimum atomic E-state index is -2.14. The average Bonchev–Trinajstić information content (AvgIpc) is 2.34. The van der Waals surface area contributed by atoms with Gasteiger partial charge in [0.25, 0.3) is 0 Å². The van der Waals surface area contributed by atoms with Crippen LogP contribution in [-0.2, 0) is 9.59 Å². The van der Waals surface area contributed by atoms with Crippen LogP contribution in [-0.4, -0.2) is 79.3 Å². The average molecular weight is 266 g/mol. The second-order valence-electron chi connectivity index (χ2n) is 3.95. The van der Waals surface area contributed by atoms with Gasteiger partial charge in [0.1, 0.15) is 30.5 Å². The van der Waals surface area contributed by atoms with Crippen molar-refractivity contribution in [2.75, 3.05) is 6.61 Å². The van der Waals surface area contributed by atoms with Crippen LogP contribution in [0.2, 0.25) is 0 Å². The molecule has 6 N–H and O–H groups in total. The Balaban J connectivity index is 4.50. The van der Waals surface area contributed by atoms with Crippen LogP contribution in [0.25, 0.3) is 0 Å². The molecule has 18 heavy (non-hydrogen) atoms. The normalized spacial score (nSPS) is 19.7. The number of carbonyl (C=O) groups is 2. The van der Waals surface area contributed by atoms with E-state index < -0.39 is 55.1 Å². The van der Waals surface area contributed by atoms with Crippen molar-refractivity contribution in [1.29, 1.82) is 0 Å². The third-order valence-electron chi connectivity index (χ3n) is 2.39. The third-order valence-corrected chi connectivity index (χ3v) is 2.39. The molecule has 0 saturated heterocycles. The van der Waals surface area contributed by atoms with Crippen LogP contribution >= 0.6 is 0 Å². The Bertz CT molecular complexity index is 290. The predicted octanol–water partition coefficient (Wildman–Crippen LogP) is -3.67. The molecule has 0 spiro atoms. The second kappa shape index (κ2) is 7.52. The molecule has 2 unspecified atom stereocenters. The molecule has 0 radical (unpaired) electrons. The summed E-state index contributed by atoms with van der Waals surface area (Å²) in [4.78, 5) is 22.4. The van der Waals surface area contributed by atoms with Gasteiger partial charge in [-0.3, -0.25) is 9.59 Å². The van der Waals surface area contributed by atoms with Gasteiger partial charge in [0.15, 0.2) is 11.6 Å². The second-order valence-corrected chi connectivity index (χ2v) is 3.95. The lowest BCUT2D eigenvalue weighted by atomic mass is 9.97. The fourth-order valence-corrected chi connectivity index (χ4v) is 1.15. The largest absolute Gasteiger partial charge is 0.394 e. The van der Waals surface area contributed by atoms with E-state index in [0.717, 1.165) is 6.92 Å². The molecule has 106 valence electrons. The van der Waals surface area contributed by atoms with E-state index in [1.54, 1.807) is 0 Å². The molecule has 0 amide bonds. The van der Waals surface area contributed by atoms with E-state index in [1.165, 1.54) is 0 Å². The summed E-state index contributed by atoms with van der Waals surface area (Å²) in [6.45, 7) is 0.272. The van der Waals surface area contributed by atoms with Crippen molar-refractivity contribution in [3.63, 3.8) is 0 Å². The molecule has 0 heterocycles. The maximum Gasteiger partial charge on any atom is 0.192 e. The first kappa shape index (κ1) is 17.1. The van der Waals surface area contributed by atoms with Gasteiger partial charge in [-0.2, -0.15) is 0 Å². The Hall–Kier alpha value is -0.900. The fourth-order valence-electron chi connectivity index (χ4n) is 1.15. The number of Topliss-reactive ketones (excluding diaryl/α,β-unsaturated/α-hetero) is 2.